The summed E-state index contributed by atoms with van der Waals surface area (Å²) in [6.07, 6.45) is 5.00. The molecule has 0 radical (unpaired) electrons. The molecule has 112 valence electrons. The normalized spacial score (nSPS) is 4.50. The summed E-state index contributed by atoms with van der Waals surface area (Å²) in [7, 11) is 0. The molecule has 0 aliphatic carbocycles. The molecular weight excluding hydrogens is 398 g/mol. The van der Waals surface area contributed by atoms with Gasteiger partial charge in [-0.3, -0.25) is 0 Å². The Morgan fingerprint density at radius 1 is 0.375 bits per heavy atom. The van der Waals surface area contributed by atoms with Crippen molar-refractivity contribution in [3.8, 4) is 0 Å². The third-order valence-electron chi connectivity index (χ3n) is 0. The van der Waals surface area contributed by atoms with Gasteiger partial charge in [-0.25, -0.2) is 0 Å². The summed E-state index contributed by atoms with van der Waals surface area (Å²) in [6, 6.07) is 0. The second-order valence-corrected chi connectivity index (χ2v) is 2.83. The summed E-state index contributed by atoms with van der Waals surface area (Å²) in [5.41, 5.74) is 0. The summed E-state index contributed by atoms with van der Waals surface area (Å²) in [5, 5.41) is 0. The van der Waals surface area contributed by atoms with Crippen LogP contribution in [0.3, 0.4) is 0 Å². The highest BCUT2D eigenvalue weighted by molar-refractivity contribution is 8.93. The number of hydrogen-bond donors (Lipinski definition) is 1. The molecule has 0 spiro atoms. The Bertz CT molecular complexity index is 24.2. The molecule has 0 aromatic rings. The first-order valence-corrected chi connectivity index (χ1v) is 5.66. The first kappa shape index (κ1) is 53.0. The Balaban J connectivity index is -0.00000000821. The van der Waals surface area contributed by atoms with E-state index in [0.717, 1.165) is 0 Å². The van der Waals surface area contributed by atoms with Gasteiger partial charge in [0.25, 0.3) is 0 Å². The van der Waals surface area contributed by atoms with Crippen LogP contribution >= 0.6 is 50.9 Å². The Kier molecular flexibility index (Phi) is 442. The van der Waals surface area contributed by atoms with Crippen molar-refractivity contribution in [2.45, 2.75) is 81.1 Å². The van der Waals surface area contributed by atoms with Crippen LogP contribution in [0.25, 0.3) is 0 Å². The lowest BCUT2D eigenvalue weighted by Gasteiger charge is -1.48. The van der Waals surface area contributed by atoms with E-state index in [0.29, 0.717) is 0 Å². The van der Waals surface area contributed by atoms with Crippen molar-refractivity contribution >= 4 is 50.9 Å². The van der Waals surface area contributed by atoms with Crippen LogP contribution in [0.4, 0.5) is 0 Å². The lowest BCUT2D eigenvalue weighted by Crippen LogP contribution is -1.27. The fourth-order valence-corrected chi connectivity index (χ4v) is 0. The lowest BCUT2D eigenvalue weighted by atomic mass is 10.6. The third-order valence-corrected chi connectivity index (χ3v) is 0. The zero-order valence-electron chi connectivity index (χ0n) is 12.8. The highest BCUT2D eigenvalue weighted by Gasteiger charge is 1.36. The fourth-order valence-electron chi connectivity index (χ4n) is 0. The van der Waals surface area contributed by atoms with Crippen LogP contribution in [-0.2, 0) is 0 Å². The largest absolute Gasteiger partial charge is 0.344 e. The molecule has 0 unspecified atom stereocenters. The van der Waals surface area contributed by atoms with Crippen molar-refractivity contribution in [2.75, 3.05) is 0 Å². The van der Waals surface area contributed by atoms with Gasteiger partial charge in [0.15, 0.2) is 0 Å². The summed E-state index contributed by atoms with van der Waals surface area (Å²) < 4.78 is 0. The quantitative estimate of drug-likeness (QED) is 0.418. The van der Waals surface area contributed by atoms with Crippen molar-refractivity contribution in [3.63, 3.8) is 0 Å². The van der Waals surface area contributed by atoms with E-state index in [1.165, 1.54) is 25.7 Å². The molecule has 0 saturated heterocycles. The van der Waals surface area contributed by atoms with Crippen molar-refractivity contribution in [1.82, 2.24) is 6.15 Å². The number of halogens is 3. The van der Waals surface area contributed by atoms with Gasteiger partial charge in [-0.15, -0.1) is 50.9 Å². The monoisotopic (exact) mass is 433 g/mol. The highest BCUT2D eigenvalue weighted by atomic mass is 79.9. The topological polar surface area (TPSA) is 35.0 Å². The molecular formula is C12H38Br3N. The van der Waals surface area contributed by atoms with Crippen LogP contribution < -0.4 is 6.15 Å². The average Bonchev–Trinajstić information content (AvgIpc) is 1.92. The number of rotatable bonds is 0. The molecule has 0 amide bonds. The molecule has 0 aliphatic rings. The van der Waals surface area contributed by atoms with E-state index in [1.807, 2.05) is 0 Å². The van der Waals surface area contributed by atoms with Gasteiger partial charge in [0, 0.05) is 0 Å². The van der Waals surface area contributed by atoms with Crippen molar-refractivity contribution in [1.29, 1.82) is 0 Å². The minimum atomic E-state index is 0. The predicted molar refractivity (Wildman–Crippen MR) is 99.8 cm³/mol. The van der Waals surface area contributed by atoms with E-state index in [2.05, 4.69) is 55.4 Å². The summed E-state index contributed by atoms with van der Waals surface area (Å²) in [4.78, 5) is 0. The molecule has 0 aromatic heterocycles. The van der Waals surface area contributed by atoms with Crippen LogP contribution in [0, 0.1) is 0 Å². The predicted octanol–water partition coefficient (Wildman–Crippen LogP) is 7.56. The standard InChI is InChI=1S/4C3H8.3BrH.H3N/c4*1-3-2;;;;/h4*3H2,1-2H3;3*1H;1H3. The minimum Gasteiger partial charge on any atom is -0.344 e. The Morgan fingerprint density at radius 3 is 0.375 bits per heavy atom. The van der Waals surface area contributed by atoms with Crippen LogP contribution in [0.15, 0.2) is 0 Å². The molecule has 16 heavy (non-hydrogen) atoms. The van der Waals surface area contributed by atoms with Crippen molar-refractivity contribution < 1.29 is 0 Å². The smallest absolute Gasteiger partial charge is 0.0590 e. The molecule has 0 aliphatic heterocycles. The van der Waals surface area contributed by atoms with Gasteiger partial charge in [0.2, 0.25) is 0 Å². The van der Waals surface area contributed by atoms with Gasteiger partial charge in [-0.1, -0.05) is 81.1 Å². The SMILES string of the molecule is Br.Br.Br.CCC.CCC.CCC.CCC.N. The molecule has 0 fully saturated rings. The van der Waals surface area contributed by atoms with Crippen molar-refractivity contribution in [3.05, 3.63) is 0 Å². The van der Waals surface area contributed by atoms with Crippen LogP contribution in [-0.4, -0.2) is 0 Å². The fraction of sp³-hybridized carbons (Fsp3) is 1.00. The zero-order chi connectivity index (χ0) is 10.8. The van der Waals surface area contributed by atoms with Crippen LogP contribution in [0.5, 0.6) is 0 Å². The first-order chi connectivity index (χ1) is 5.66. The third kappa shape index (κ3) is 1630. The molecule has 3 N–H and O–H groups in total. The molecule has 0 saturated carbocycles. The van der Waals surface area contributed by atoms with E-state index in [4.69, 9.17) is 0 Å². The van der Waals surface area contributed by atoms with E-state index in [1.54, 1.807) is 0 Å². The zero-order valence-corrected chi connectivity index (χ0v) is 17.9. The molecule has 0 bridgehead atoms. The second kappa shape index (κ2) is 133. The molecule has 0 heterocycles. The van der Waals surface area contributed by atoms with E-state index in [9.17, 15) is 0 Å². The van der Waals surface area contributed by atoms with Gasteiger partial charge in [-0.2, -0.15) is 0 Å². The van der Waals surface area contributed by atoms with Gasteiger partial charge >= 0.3 is 0 Å². The summed E-state index contributed by atoms with van der Waals surface area (Å²) in [6.45, 7) is 17.0. The molecule has 1 nitrogen and oxygen atoms in total. The maximum Gasteiger partial charge on any atom is -0.0590 e. The van der Waals surface area contributed by atoms with Gasteiger partial charge in [0.05, 0.1) is 0 Å². The van der Waals surface area contributed by atoms with Crippen LogP contribution in [0.2, 0.25) is 0 Å². The number of hydrogen-bond acceptors (Lipinski definition) is 1. The van der Waals surface area contributed by atoms with E-state index in [-0.39, 0.29) is 57.1 Å². The van der Waals surface area contributed by atoms with Gasteiger partial charge in [-0.05, 0) is 0 Å². The van der Waals surface area contributed by atoms with Crippen molar-refractivity contribution in [2.24, 2.45) is 0 Å². The highest BCUT2D eigenvalue weighted by Crippen LogP contribution is 1.57. The lowest BCUT2D eigenvalue weighted by molar-refractivity contribution is 1.09. The average molecular weight is 436 g/mol. The molecule has 0 aromatic carbocycles. The van der Waals surface area contributed by atoms with E-state index >= 15 is 0 Å². The Labute approximate surface area is 137 Å². The molecule has 4 heteroatoms. The second-order valence-electron chi connectivity index (χ2n) is 2.83. The first-order valence-electron chi connectivity index (χ1n) is 5.66. The van der Waals surface area contributed by atoms with Gasteiger partial charge in [0.1, 0.15) is 0 Å². The Hall–Kier alpha value is 1.40. The maximum absolute atomic E-state index is 2.12. The summed E-state index contributed by atoms with van der Waals surface area (Å²) in [5.74, 6) is 0. The maximum atomic E-state index is 2.12. The molecule has 0 rings (SSSR count). The van der Waals surface area contributed by atoms with Crippen LogP contribution in [0.1, 0.15) is 81.1 Å². The molecule has 0 atom stereocenters. The summed E-state index contributed by atoms with van der Waals surface area (Å²) >= 11 is 0. The van der Waals surface area contributed by atoms with E-state index < -0.39 is 0 Å². The Morgan fingerprint density at radius 2 is 0.375 bits per heavy atom. The minimum absolute atomic E-state index is 0. The van der Waals surface area contributed by atoms with Gasteiger partial charge < -0.3 is 6.15 Å².